The van der Waals surface area contributed by atoms with Crippen LogP contribution in [-0.2, 0) is 0 Å². The standard InChI is InChI=1S/C22H30O5/c1-7-8-9-10-14-24-20-19(25-15(2)3)18-16(26-21(20)23)12-11-13-17(18)27-22(4,5)6/h8-9,11-13,15H,7,10,14H2,1-6H3. The number of benzene rings is 1. The second-order valence-corrected chi connectivity index (χ2v) is 7.57. The van der Waals surface area contributed by atoms with Crippen LogP contribution < -0.4 is 19.8 Å². The third-order valence-electron chi connectivity index (χ3n) is 3.51. The predicted octanol–water partition coefficient (Wildman–Crippen LogP) is 5.49. The number of rotatable bonds is 8. The maximum Gasteiger partial charge on any atom is 0.383 e. The van der Waals surface area contributed by atoms with Crippen LogP contribution in [0.2, 0.25) is 0 Å². The van der Waals surface area contributed by atoms with E-state index in [4.69, 9.17) is 18.6 Å². The molecule has 27 heavy (non-hydrogen) atoms. The smallest absolute Gasteiger partial charge is 0.383 e. The zero-order chi connectivity index (χ0) is 20.0. The molecule has 148 valence electrons. The summed E-state index contributed by atoms with van der Waals surface area (Å²) in [6.45, 7) is 12.1. The van der Waals surface area contributed by atoms with Gasteiger partial charge in [-0.25, -0.2) is 4.79 Å². The van der Waals surface area contributed by atoms with Crippen molar-refractivity contribution in [2.75, 3.05) is 6.61 Å². The molecular formula is C22H30O5. The van der Waals surface area contributed by atoms with E-state index in [9.17, 15) is 4.79 Å². The van der Waals surface area contributed by atoms with Gasteiger partial charge in [0.15, 0.2) is 5.75 Å². The number of ether oxygens (including phenoxy) is 3. The predicted molar refractivity (Wildman–Crippen MR) is 108 cm³/mol. The van der Waals surface area contributed by atoms with Crippen molar-refractivity contribution < 1.29 is 18.6 Å². The monoisotopic (exact) mass is 374 g/mol. The summed E-state index contributed by atoms with van der Waals surface area (Å²) in [5, 5.41) is 0.611. The van der Waals surface area contributed by atoms with E-state index >= 15 is 0 Å². The first-order valence-corrected chi connectivity index (χ1v) is 9.46. The Morgan fingerprint density at radius 2 is 1.89 bits per heavy atom. The summed E-state index contributed by atoms with van der Waals surface area (Å²) in [6.07, 6.45) is 5.62. The highest BCUT2D eigenvalue weighted by atomic mass is 16.5. The molecule has 0 amide bonds. The average molecular weight is 374 g/mol. The minimum Gasteiger partial charge on any atom is -0.487 e. The van der Waals surface area contributed by atoms with Crippen molar-refractivity contribution in [1.29, 1.82) is 0 Å². The first kappa shape index (κ1) is 20.9. The molecule has 1 aromatic heterocycles. The molecule has 0 atom stereocenters. The van der Waals surface area contributed by atoms with Crippen molar-refractivity contribution in [3.8, 4) is 17.2 Å². The van der Waals surface area contributed by atoms with Gasteiger partial charge in [0.25, 0.3) is 0 Å². The molecular weight excluding hydrogens is 344 g/mol. The molecule has 5 heteroatoms. The normalized spacial score (nSPS) is 12.1. The van der Waals surface area contributed by atoms with Gasteiger partial charge in [-0.3, -0.25) is 0 Å². The first-order valence-electron chi connectivity index (χ1n) is 9.46. The van der Waals surface area contributed by atoms with Gasteiger partial charge in [-0.1, -0.05) is 25.1 Å². The fourth-order valence-corrected chi connectivity index (χ4v) is 2.57. The minimum atomic E-state index is -0.550. The van der Waals surface area contributed by atoms with Crippen LogP contribution in [0.1, 0.15) is 54.4 Å². The van der Waals surface area contributed by atoms with Crippen molar-refractivity contribution in [3.05, 3.63) is 40.8 Å². The van der Waals surface area contributed by atoms with Crippen LogP contribution >= 0.6 is 0 Å². The molecule has 0 saturated carbocycles. The van der Waals surface area contributed by atoms with E-state index < -0.39 is 11.2 Å². The van der Waals surface area contributed by atoms with Gasteiger partial charge >= 0.3 is 5.63 Å². The Balaban J connectivity index is 2.56. The van der Waals surface area contributed by atoms with Crippen LogP contribution in [0.5, 0.6) is 17.2 Å². The number of hydrogen-bond donors (Lipinski definition) is 0. The van der Waals surface area contributed by atoms with Gasteiger partial charge < -0.3 is 18.6 Å². The topological polar surface area (TPSA) is 57.9 Å². The van der Waals surface area contributed by atoms with Crippen LogP contribution in [0, 0.1) is 0 Å². The quantitative estimate of drug-likeness (QED) is 0.347. The van der Waals surface area contributed by atoms with Crippen molar-refractivity contribution in [2.45, 2.75) is 66.1 Å². The van der Waals surface area contributed by atoms with Crippen LogP contribution in [0.3, 0.4) is 0 Å². The number of hydrogen-bond acceptors (Lipinski definition) is 5. The lowest BCUT2D eigenvalue weighted by Crippen LogP contribution is -2.23. The Labute approximate surface area is 160 Å². The van der Waals surface area contributed by atoms with Crippen LogP contribution in [-0.4, -0.2) is 18.3 Å². The van der Waals surface area contributed by atoms with Crippen molar-refractivity contribution in [3.63, 3.8) is 0 Å². The lowest BCUT2D eigenvalue weighted by molar-refractivity contribution is 0.132. The summed E-state index contributed by atoms with van der Waals surface area (Å²) < 4.78 is 23.3. The molecule has 2 rings (SSSR count). The lowest BCUT2D eigenvalue weighted by Gasteiger charge is -2.23. The highest BCUT2D eigenvalue weighted by Gasteiger charge is 2.24. The van der Waals surface area contributed by atoms with E-state index in [2.05, 4.69) is 13.0 Å². The lowest BCUT2D eigenvalue weighted by atomic mass is 10.1. The molecule has 0 aliphatic heterocycles. The van der Waals surface area contributed by atoms with E-state index in [0.717, 1.165) is 6.42 Å². The molecule has 0 fully saturated rings. The van der Waals surface area contributed by atoms with E-state index in [1.54, 1.807) is 12.1 Å². The maximum atomic E-state index is 12.5. The Kier molecular flexibility index (Phi) is 6.94. The van der Waals surface area contributed by atoms with Crippen LogP contribution in [0.15, 0.2) is 39.6 Å². The SMILES string of the molecule is CCC=CCCOc1c(OC(C)C)c2c(OC(C)(C)C)cccc2oc1=O. The highest BCUT2D eigenvalue weighted by Crippen LogP contribution is 2.40. The molecule has 5 nitrogen and oxygen atoms in total. The summed E-state index contributed by atoms with van der Waals surface area (Å²) in [5.74, 6) is 1.05. The molecule has 0 spiro atoms. The van der Waals surface area contributed by atoms with Gasteiger partial charge in [-0.15, -0.1) is 0 Å². The van der Waals surface area contributed by atoms with Gasteiger partial charge in [-0.05, 0) is 59.6 Å². The maximum absolute atomic E-state index is 12.5. The summed E-state index contributed by atoms with van der Waals surface area (Å²) in [7, 11) is 0. The number of fused-ring (bicyclic) bond motifs is 1. The zero-order valence-electron chi connectivity index (χ0n) is 17.1. The third kappa shape index (κ3) is 5.78. The van der Waals surface area contributed by atoms with E-state index in [0.29, 0.717) is 35.5 Å². The summed E-state index contributed by atoms with van der Waals surface area (Å²) in [5.41, 5.74) is -0.549. The zero-order valence-corrected chi connectivity index (χ0v) is 17.1. The molecule has 1 aromatic carbocycles. The van der Waals surface area contributed by atoms with Crippen LogP contribution in [0.25, 0.3) is 11.0 Å². The Morgan fingerprint density at radius 1 is 1.15 bits per heavy atom. The van der Waals surface area contributed by atoms with Gasteiger partial charge in [0.1, 0.15) is 22.3 Å². The molecule has 0 unspecified atom stereocenters. The molecule has 2 aromatic rings. The number of allylic oxidation sites excluding steroid dienone is 1. The summed E-state index contributed by atoms with van der Waals surface area (Å²) in [4.78, 5) is 12.5. The Morgan fingerprint density at radius 3 is 2.52 bits per heavy atom. The molecule has 0 aliphatic rings. The van der Waals surface area contributed by atoms with Gasteiger partial charge in [0.05, 0.1) is 12.7 Å². The van der Waals surface area contributed by atoms with Crippen molar-refractivity contribution in [1.82, 2.24) is 0 Å². The highest BCUT2D eigenvalue weighted by molar-refractivity contribution is 5.91. The fourth-order valence-electron chi connectivity index (χ4n) is 2.57. The van der Waals surface area contributed by atoms with Gasteiger partial charge in [0.2, 0.25) is 5.75 Å². The Bertz CT molecular complexity index is 840. The molecule has 0 radical (unpaired) electrons. The molecule has 0 bridgehead atoms. The second-order valence-electron chi connectivity index (χ2n) is 7.57. The first-order chi connectivity index (χ1) is 12.7. The fraction of sp³-hybridized carbons (Fsp3) is 0.500. The molecule has 1 heterocycles. The van der Waals surface area contributed by atoms with Gasteiger partial charge in [0, 0.05) is 0 Å². The molecule has 0 N–H and O–H groups in total. The minimum absolute atomic E-state index is 0.0889. The molecule has 0 aliphatic carbocycles. The van der Waals surface area contributed by atoms with Crippen LogP contribution in [0.4, 0.5) is 0 Å². The summed E-state index contributed by atoms with van der Waals surface area (Å²) >= 11 is 0. The van der Waals surface area contributed by atoms with E-state index in [1.807, 2.05) is 46.8 Å². The summed E-state index contributed by atoms with van der Waals surface area (Å²) in [6, 6.07) is 5.36. The molecule has 0 saturated heterocycles. The van der Waals surface area contributed by atoms with E-state index in [-0.39, 0.29) is 11.9 Å². The third-order valence-corrected chi connectivity index (χ3v) is 3.51. The van der Waals surface area contributed by atoms with Crippen molar-refractivity contribution >= 4 is 11.0 Å². The van der Waals surface area contributed by atoms with Gasteiger partial charge in [-0.2, -0.15) is 0 Å². The largest absolute Gasteiger partial charge is 0.487 e. The second kappa shape index (κ2) is 8.98. The Hall–Kier alpha value is -2.43. The van der Waals surface area contributed by atoms with E-state index in [1.165, 1.54) is 0 Å². The van der Waals surface area contributed by atoms with Crippen molar-refractivity contribution in [2.24, 2.45) is 0 Å². The average Bonchev–Trinajstić information content (AvgIpc) is 2.54.